The highest BCUT2D eigenvalue weighted by molar-refractivity contribution is 8.14. The summed E-state index contributed by atoms with van der Waals surface area (Å²) in [5, 5.41) is 1.41. The van der Waals surface area contributed by atoms with Crippen molar-refractivity contribution in [1.82, 2.24) is 5.32 Å². The average molecular weight is 520 g/mol. The molecule has 1 N–H and O–H groups in total. The number of benzene rings is 2. The van der Waals surface area contributed by atoms with Gasteiger partial charge in [-0.2, -0.15) is 0 Å². The normalized spacial score (nSPS) is 11.4. The SMILES string of the molecule is COC(=O)[C@H](NC(=O)OCOC(=O)c1ccccc1)C(C)(C)SC(=O)OCOC(=O)c1ccccc1. The first kappa shape index (κ1) is 28.2. The molecule has 36 heavy (non-hydrogen) atoms. The topological polar surface area (TPSA) is 144 Å². The second-order valence-electron chi connectivity index (χ2n) is 7.46. The van der Waals surface area contributed by atoms with Crippen molar-refractivity contribution in [1.29, 1.82) is 0 Å². The molecule has 0 radical (unpaired) electrons. The van der Waals surface area contributed by atoms with E-state index in [0.717, 1.165) is 7.11 Å². The van der Waals surface area contributed by atoms with Crippen LogP contribution in [0.15, 0.2) is 60.7 Å². The highest BCUT2D eigenvalue weighted by atomic mass is 32.2. The van der Waals surface area contributed by atoms with Crippen molar-refractivity contribution in [2.45, 2.75) is 24.6 Å². The number of hydrogen-bond donors (Lipinski definition) is 1. The van der Waals surface area contributed by atoms with Gasteiger partial charge in [-0.15, -0.1) is 0 Å². The minimum atomic E-state index is -1.36. The third-order valence-electron chi connectivity index (χ3n) is 4.51. The Morgan fingerprint density at radius 3 is 1.72 bits per heavy atom. The molecule has 0 unspecified atom stereocenters. The molecule has 0 fully saturated rings. The van der Waals surface area contributed by atoms with Gasteiger partial charge in [0.05, 0.1) is 23.0 Å². The number of rotatable bonds is 10. The highest BCUT2D eigenvalue weighted by Crippen LogP contribution is 2.30. The van der Waals surface area contributed by atoms with E-state index >= 15 is 0 Å². The summed E-state index contributed by atoms with van der Waals surface area (Å²) in [7, 11) is 1.10. The van der Waals surface area contributed by atoms with Crippen LogP contribution in [0.1, 0.15) is 34.6 Å². The van der Waals surface area contributed by atoms with E-state index in [1.54, 1.807) is 36.4 Å². The van der Waals surface area contributed by atoms with Gasteiger partial charge >= 0.3 is 29.3 Å². The Labute approximate surface area is 211 Å². The van der Waals surface area contributed by atoms with Crippen molar-refractivity contribution < 1.29 is 47.7 Å². The lowest BCUT2D eigenvalue weighted by molar-refractivity contribution is -0.143. The maximum atomic E-state index is 12.3. The van der Waals surface area contributed by atoms with E-state index in [1.807, 2.05) is 0 Å². The zero-order chi connectivity index (χ0) is 26.6. The van der Waals surface area contributed by atoms with E-state index < -0.39 is 53.7 Å². The summed E-state index contributed by atoms with van der Waals surface area (Å²) in [4.78, 5) is 60.5. The lowest BCUT2D eigenvalue weighted by Crippen LogP contribution is -2.53. The third kappa shape index (κ3) is 8.95. The summed E-state index contributed by atoms with van der Waals surface area (Å²) in [5.41, 5.74) is 0.545. The van der Waals surface area contributed by atoms with Crippen molar-refractivity contribution in [2.24, 2.45) is 0 Å². The molecule has 2 aromatic rings. The molecule has 12 heteroatoms. The Kier molecular flexibility index (Phi) is 10.7. The second-order valence-corrected chi connectivity index (χ2v) is 9.05. The van der Waals surface area contributed by atoms with Gasteiger partial charge in [0.1, 0.15) is 6.04 Å². The van der Waals surface area contributed by atoms with Crippen LogP contribution in [0, 0.1) is 0 Å². The lowest BCUT2D eigenvalue weighted by Gasteiger charge is -2.30. The van der Waals surface area contributed by atoms with Crippen molar-refractivity contribution >= 4 is 41.1 Å². The quantitative estimate of drug-likeness (QED) is 0.280. The second kappa shape index (κ2) is 13.7. The Balaban J connectivity index is 1.85. The molecule has 0 aliphatic rings. The molecule has 0 aromatic heterocycles. The fourth-order valence-corrected chi connectivity index (χ4v) is 3.49. The Hall–Kier alpha value is -4.06. The van der Waals surface area contributed by atoms with Gasteiger partial charge < -0.3 is 29.0 Å². The molecule has 192 valence electrons. The van der Waals surface area contributed by atoms with E-state index in [0.29, 0.717) is 11.8 Å². The fourth-order valence-electron chi connectivity index (χ4n) is 2.68. The van der Waals surface area contributed by atoms with Crippen molar-refractivity contribution in [3.8, 4) is 0 Å². The summed E-state index contributed by atoms with van der Waals surface area (Å²) in [5.74, 6) is -2.26. The largest absolute Gasteiger partial charge is 0.467 e. The van der Waals surface area contributed by atoms with Crippen molar-refractivity contribution in [3.05, 3.63) is 71.8 Å². The lowest BCUT2D eigenvalue weighted by atomic mass is 10.0. The Morgan fingerprint density at radius 2 is 1.25 bits per heavy atom. The molecule has 11 nitrogen and oxygen atoms in total. The van der Waals surface area contributed by atoms with Gasteiger partial charge in [0.15, 0.2) is 0 Å². The van der Waals surface area contributed by atoms with Crippen LogP contribution in [0.5, 0.6) is 0 Å². The van der Waals surface area contributed by atoms with E-state index in [-0.39, 0.29) is 11.1 Å². The number of carbonyl (C=O) groups is 5. The van der Waals surface area contributed by atoms with Gasteiger partial charge in [-0.05, 0) is 49.9 Å². The molecule has 2 rings (SSSR count). The van der Waals surface area contributed by atoms with E-state index in [1.165, 1.54) is 38.1 Å². The minimum Gasteiger partial charge on any atom is -0.467 e. The number of nitrogens with one attached hydrogen (secondary N) is 1. The molecule has 0 spiro atoms. The summed E-state index contributed by atoms with van der Waals surface area (Å²) >= 11 is 0.560. The zero-order valence-electron chi connectivity index (χ0n) is 19.8. The maximum Gasteiger partial charge on any atom is 0.410 e. The van der Waals surface area contributed by atoms with Crippen LogP contribution >= 0.6 is 11.8 Å². The van der Waals surface area contributed by atoms with Crippen LogP contribution in [0.3, 0.4) is 0 Å². The van der Waals surface area contributed by atoms with Crippen LogP contribution in [0.2, 0.25) is 0 Å². The van der Waals surface area contributed by atoms with Gasteiger partial charge in [0.2, 0.25) is 13.6 Å². The number of methoxy groups -OCH3 is 1. The standard InChI is InChI=1S/C24H25NO10S/c1-24(2,36-23(30)35-15-33-20(27)17-12-8-5-9-13-17)18(21(28)31-3)25-22(29)34-14-32-19(26)16-10-6-4-7-11-16/h4-13,18H,14-15H2,1-3H3,(H,25,29)/t18-/m0/s1. The maximum absolute atomic E-state index is 12.3. The first-order chi connectivity index (χ1) is 17.1. The van der Waals surface area contributed by atoms with Gasteiger partial charge in [-0.25, -0.2) is 24.0 Å². The summed E-state index contributed by atoms with van der Waals surface area (Å²) in [6.45, 7) is 1.59. The molecule has 0 saturated heterocycles. The summed E-state index contributed by atoms with van der Waals surface area (Å²) < 4.78 is 22.9. The number of ether oxygens (including phenoxy) is 5. The first-order valence-electron chi connectivity index (χ1n) is 10.4. The van der Waals surface area contributed by atoms with Gasteiger partial charge in [0.25, 0.3) is 0 Å². The molecule has 0 heterocycles. The monoisotopic (exact) mass is 519 g/mol. The molecule has 0 aliphatic carbocycles. The predicted molar refractivity (Wildman–Crippen MR) is 127 cm³/mol. The number of amides is 1. The predicted octanol–water partition coefficient (Wildman–Crippen LogP) is 3.53. The van der Waals surface area contributed by atoms with Gasteiger partial charge in [-0.1, -0.05) is 36.4 Å². The third-order valence-corrected chi connectivity index (χ3v) is 5.55. The number of alkyl carbamates (subject to hydrolysis) is 1. The Morgan fingerprint density at radius 1 is 0.778 bits per heavy atom. The highest BCUT2D eigenvalue weighted by Gasteiger charge is 2.41. The number of hydrogen-bond acceptors (Lipinski definition) is 11. The van der Waals surface area contributed by atoms with Crippen LogP contribution in [-0.4, -0.2) is 60.8 Å². The summed E-state index contributed by atoms with van der Waals surface area (Å²) in [6, 6.07) is 14.8. The van der Waals surface area contributed by atoms with Crippen LogP contribution < -0.4 is 5.32 Å². The summed E-state index contributed by atoms with van der Waals surface area (Å²) in [6.07, 6.45) is -1.09. The average Bonchev–Trinajstić information content (AvgIpc) is 2.87. The number of carbonyl (C=O) groups excluding carboxylic acids is 5. The fraction of sp³-hybridized carbons (Fsp3) is 0.292. The Bertz CT molecular complexity index is 1060. The van der Waals surface area contributed by atoms with E-state index in [2.05, 4.69) is 5.32 Å². The molecule has 1 atom stereocenters. The molecule has 1 amide bonds. The van der Waals surface area contributed by atoms with Crippen LogP contribution in [0.4, 0.5) is 9.59 Å². The molecule has 2 aromatic carbocycles. The van der Waals surface area contributed by atoms with Crippen LogP contribution in [-0.2, 0) is 28.5 Å². The molecule has 0 aliphatic heterocycles. The van der Waals surface area contributed by atoms with Crippen molar-refractivity contribution in [2.75, 3.05) is 20.7 Å². The van der Waals surface area contributed by atoms with Crippen LogP contribution in [0.25, 0.3) is 0 Å². The molecule has 0 bridgehead atoms. The zero-order valence-corrected chi connectivity index (χ0v) is 20.6. The first-order valence-corrected chi connectivity index (χ1v) is 11.3. The smallest absolute Gasteiger partial charge is 0.410 e. The van der Waals surface area contributed by atoms with E-state index in [4.69, 9.17) is 23.7 Å². The minimum absolute atomic E-state index is 0.263. The number of thioether (sulfide) groups is 1. The number of esters is 3. The van der Waals surface area contributed by atoms with Gasteiger partial charge in [-0.3, -0.25) is 0 Å². The molecular weight excluding hydrogens is 494 g/mol. The van der Waals surface area contributed by atoms with E-state index in [9.17, 15) is 24.0 Å². The molecular formula is C24H25NO10S. The molecule has 0 saturated carbocycles. The van der Waals surface area contributed by atoms with Gasteiger partial charge in [0, 0.05) is 0 Å². The van der Waals surface area contributed by atoms with Crippen molar-refractivity contribution in [3.63, 3.8) is 0 Å².